The summed E-state index contributed by atoms with van der Waals surface area (Å²) in [6, 6.07) is 0. The molecule has 15 heavy (non-hydrogen) atoms. The summed E-state index contributed by atoms with van der Waals surface area (Å²) in [7, 11) is 0. The van der Waals surface area contributed by atoms with E-state index >= 15 is 0 Å². The summed E-state index contributed by atoms with van der Waals surface area (Å²) in [5.74, 6) is -0.736. The first-order valence-electron chi connectivity index (χ1n) is 5.22. The van der Waals surface area contributed by atoms with E-state index in [9.17, 15) is 9.59 Å². The largest absolute Gasteiger partial charge is 0.481 e. The fourth-order valence-corrected chi connectivity index (χ4v) is 1.35. The Morgan fingerprint density at radius 2 is 2.07 bits per heavy atom. The molecule has 0 bridgehead atoms. The lowest BCUT2D eigenvalue weighted by molar-refractivity contribution is -0.141. The van der Waals surface area contributed by atoms with Crippen LogP contribution in [0.4, 0.5) is 0 Å². The highest BCUT2D eigenvalue weighted by Crippen LogP contribution is 2.47. The summed E-state index contributed by atoms with van der Waals surface area (Å²) >= 11 is 0. The molecule has 2 fully saturated rings. The number of carbonyl (C=O) groups excluding carboxylic acids is 1. The molecule has 0 heterocycles. The molecule has 0 amide bonds. The van der Waals surface area contributed by atoms with E-state index < -0.39 is 17.4 Å². The van der Waals surface area contributed by atoms with Gasteiger partial charge in [-0.1, -0.05) is 6.08 Å². The zero-order valence-electron chi connectivity index (χ0n) is 8.44. The number of carbonyl (C=O) groups is 2. The molecule has 2 rings (SSSR count). The van der Waals surface area contributed by atoms with Gasteiger partial charge in [0.25, 0.3) is 0 Å². The van der Waals surface area contributed by atoms with Gasteiger partial charge in [0.15, 0.2) is 0 Å². The van der Waals surface area contributed by atoms with Crippen molar-refractivity contribution in [3.05, 3.63) is 12.2 Å². The van der Waals surface area contributed by atoms with Crippen molar-refractivity contribution in [2.24, 2.45) is 11.3 Å². The summed E-state index contributed by atoms with van der Waals surface area (Å²) in [5, 5.41) is 8.84. The average Bonchev–Trinajstić information content (AvgIpc) is 3.05. The molecule has 2 aliphatic rings. The number of esters is 1. The molecule has 4 nitrogen and oxygen atoms in total. The van der Waals surface area contributed by atoms with Crippen LogP contribution in [-0.2, 0) is 14.3 Å². The molecule has 0 aromatic heterocycles. The number of carboxylic acids is 1. The number of hydrogen-bond acceptors (Lipinski definition) is 3. The SMILES string of the molecule is O=C(C=CC1(C(=O)O)CC1)OCC1CC1. The molecule has 0 atom stereocenters. The van der Waals surface area contributed by atoms with Gasteiger partial charge in [-0.15, -0.1) is 0 Å². The third-order valence-corrected chi connectivity index (χ3v) is 2.91. The summed E-state index contributed by atoms with van der Waals surface area (Å²) in [6.07, 6.45) is 6.23. The Morgan fingerprint density at radius 3 is 2.53 bits per heavy atom. The van der Waals surface area contributed by atoms with E-state index in [1.165, 1.54) is 12.2 Å². The maximum Gasteiger partial charge on any atom is 0.330 e. The van der Waals surface area contributed by atoms with Crippen LogP contribution in [-0.4, -0.2) is 23.7 Å². The Kier molecular flexibility index (Phi) is 2.50. The Labute approximate surface area is 87.9 Å². The maximum atomic E-state index is 11.2. The van der Waals surface area contributed by atoms with Crippen molar-refractivity contribution in [3.8, 4) is 0 Å². The number of ether oxygens (including phenoxy) is 1. The van der Waals surface area contributed by atoms with E-state index in [2.05, 4.69) is 0 Å². The molecule has 4 heteroatoms. The normalized spacial score (nSPS) is 22.7. The van der Waals surface area contributed by atoms with Gasteiger partial charge in [0.2, 0.25) is 0 Å². The number of carboxylic acid groups (broad SMARTS) is 1. The molecule has 0 aliphatic heterocycles. The molecule has 2 saturated carbocycles. The predicted molar refractivity (Wildman–Crippen MR) is 52.1 cm³/mol. The fourth-order valence-electron chi connectivity index (χ4n) is 1.35. The fraction of sp³-hybridized carbons (Fsp3) is 0.636. The molecule has 0 saturated heterocycles. The molecular weight excluding hydrogens is 196 g/mol. The van der Waals surface area contributed by atoms with Gasteiger partial charge in [-0.2, -0.15) is 0 Å². The van der Waals surface area contributed by atoms with Gasteiger partial charge in [0.05, 0.1) is 12.0 Å². The molecule has 0 aromatic rings. The van der Waals surface area contributed by atoms with Crippen LogP contribution in [0.25, 0.3) is 0 Å². The molecule has 0 aromatic carbocycles. The molecule has 0 unspecified atom stereocenters. The monoisotopic (exact) mass is 210 g/mol. The lowest BCUT2D eigenvalue weighted by Gasteiger charge is -2.02. The third kappa shape index (κ3) is 2.58. The smallest absolute Gasteiger partial charge is 0.330 e. The quantitative estimate of drug-likeness (QED) is 0.549. The minimum absolute atomic E-state index is 0.422. The van der Waals surface area contributed by atoms with Crippen molar-refractivity contribution < 1.29 is 19.4 Å². The van der Waals surface area contributed by atoms with Crippen LogP contribution in [0.3, 0.4) is 0 Å². The first-order valence-corrected chi connectivity index (χ1v) is 5.22. The first kappa shape index (κ1) is 10.2. The number of rotatable bonds is 5. The second kappa shape index (κ2) is 3.68. The van der Waals surface area contributed by atoms with Gasteiger partial charge in [-0.3, -0.25) is 4.79 Å². The summed E-state index contributed by atoms with van der Waals surface area (Å²) in [6.45, 7) is 0.475. The van der Waals surface area contributed by atoms with Crippen LogP contribution in [0.5, 0.6) is 0 Å². The van der Waals surface area contributed by atoms with Crippen molar-refractivity contribution in [1.82, 2.24) is 0 Å². The second-order valence-electron chi connectivity index (χ2n) is 4.37. The summed E-state index contributed by atoms with van der Waals surface area (Å²) in [4.78, 5) is 21.9. The van der Waals surface area contributed by atoms with E-state index in [1.807, 2.05) is 0 Å². The lowest BCUT2D eigenvalue weighted by atomic mass is 10.1. The van der Waals surface area contributed by atoms with Crippen LogP contribution in [0.2, 0.25) is 0 Å². The zero-order valence-corrected chi connectivity index (χ0v) is 8.44. The lowest BCUT2D eigenvalue weighted by Crippen LogP contribution is -2.12. The van der Waals surface area contributed by atoms with Crippen LogP contribution >= 0.6 is 0 Å². The first-order chi connectivity index (χ1) is 7.12. The van der Waals surface area contributed by atoms with Gasteiger partial charge in [-0.05, 0) is 31.6 Å². The van der Waals surface area contributed by atoms with Gasteiger partial charge in [0.1, 0.15) is 0 Å². The summed E-state index contributed by atoms with van der Waals surface area (Å²) in [5.41, 5.74) is -0.779. The Bertz CT molecular complexity index is 311. The van der Waals surface area contributed by atoms with Crippen molar-refractivity contribution in [2.75, 3.05) is 6.61 Å². The van der Waals surface area contributed by atoms with E-state index in [-0.39, 0.29) is 0 Å². The Hall–Kier alpha value is -1.32. The minimum Gasteiger partial charge on any atom is -0.481 e. The molecule has 2 aliphatic carbocycles. The van der Waals surface area contributed by atoms with Crippen molar-refractivity contribution >= 4 is 11.9 Å². The molecule has 0 radical (unpaired) electrons. The Morgan fingerprint density at radius 1 is 1.40 bits per heavy atom. The highest BCUT2D eigenvalue weighted by atomic mass is 16.5. The van der Waals surface area contributed by atoms with Crippen LogP contribution < -0.4 is 0 Å². The minimum atomic E-state index is -0.853. The number of aliphatic carboxylic acids is 1. The van der Waals surface area contributed by atoms with Crippen LogP contribution in [0, 0.1) is 11.3 Å². The van der Waals surface area contributed by atoms with E-state index in [0.717, 1.165) is 12.8 Å². The molecule has 82 valence electrons. The zero-order chi connectivity index (χ0) is 10.9. The highest BCUT2D eigenvalue weighted by Gasteiger charge is 2.48. The van der Waals surface area contributed by atoms with Gasteiger partial charge in [-0.25, -0.2) is 4.79 Å². The summed E-state index contributed by atoms with van der Waals surface area (Å²) < 4.78 is 4.95. The second-order valence-corrected chi connectivity index (χ2v) is 4.37. The van der Waals surface area contributed by atoms with Crippen LogP contribution in [0.1, 0.15) is 25.7 Å². The van der Waals surface area contributed by atoms with Gasteiger partial charge < -0.3 is 9.84 Å². The molecular formula is C11H14O4. The van der Waals surface area contributed by atoms with E-state index in [4.69, 9.17) is 9.84 Å². The third-order valence-electron chi connectivity index (χ3n) is 2.91. The van der Waals surface area contributed by atoms with Crippen molar-refractivity contribution in [1.29, 1.82) is 0 Å². The highest BCUT2D eigenvalue weighted by molar-refractivity contribution is 5.86. The van der Waals surface area contributed by atoms with E-state index in [0.29, 0.717) is 25.4 Å². The van der Waals surface area contributed by atoms with Crippen LogP contribution in [0.15, 0.2) is 12.2 Å². The molecule has 1 N–H and O–H groups in total. The molecule has 0 spiro atoms. The van der Waals surface area contributed by atoms with Crippen molar-refractivity contribution in [3.63, 3.8) is 0 Å². The Balaban J connectivity index is 1.77. The van der Waals surface area contributed by atoms with Crippen molar-refractivity contribution in [2.45, 2.75) is 25.7 Å². The van der Waals surface area contributed by atoms with Gasteiger partial charge in [0, 0.05) is 6.08 Å². The predicted octanol–water partition coefficient (Wildman–Crippen LogP) is 1.36. The topological polar surface area (TPSA) is 63.6 Å². The average molecular weight is 210 g/mol. The van der Waals surface area contributed by atoms with E-state index in [1.54, 1.807) is 0 Å². The number of hydrogen-bond donors (Lipinski definition) is 1. The standard InChI is InChI=1S/C11H14O4/c12-9(15-7-8-1-2-8)3-4-11(5-6-11)10(13)14/h3-4,8H,1-2,5-7H2,(H,13,14). The maximum absolute atomic E-state index is 11.2. The van der Waals surface area contributed by atoms with Gasteiger partial charge >= 0.3 is 11.9 Å².